The fourth-order valence-corrected chi connectivity index (χ4v) is 2.29. The second-order valence-electron chi connectivity index (χ2n) is 3.93. The first kappa shape index (κ1) is 15.2. The molecule has 2 aromatic carbocycles. The summed E-state index contributed by atoms with van der Waals surface area (Å²) in [5, 5.41) is 3.56. The molecule has 6 heteroatoms. The molecule has 1 amide bonds. The highest BCUT2D eigenvalue weighted by molar-refractivity contribution is 9.10. The van der Waals surface area contributed by atoms with Crippen LogP contribution in [0, 0.1) is 0 Å². The van der Waals surface area contributed by atoms with Crippen LogP contribution >= 0.6 is 39.1 Å². The quantitative estimate of drug-likeness (QED) is 0.819. The van der Waals surface area contributed by atoms with Gasteiger partial charge in [0.15, 0.2) is 0 Å². The molecule has 0 radical (unpaired) electrons. The van der Waals surface area contributed by atoms with E-state index in [0.29, 0.717) is 27.0 Å². The van der Waals surface area contributed by atoms with Gasteiger partial charge in [-0.3, -0.25) is 4.79 Å². The molecule has 0 aliphatic carbocycles. The second kappa shape index (κ2) is 6.48. The maximum atomic E-state index is 12.3. The maximum Gasteiger partial charge on any atom is 0.259 e. The fourth-order valence-electron chi connectivity index (χ4n) is 1.63. The van der Waals surface area contributed by atoms with Gasteiger partial charge in [-0.1, -0.05) is 39.1 Å². The van der Waals surface area contributed by atoms with Crippen LogP contribution < -0.4 is 10.1 Å². The number of nitrogens with one attached hydrogen (secondary N) is 1. The molecular weight excluding hydrogens is 365 g/mol. The highest BCUT2D eigenvalue weighted by Gasteiger charge is 2.13. The Bertz CT molecular complexity index is 662. The fraction of sp³-hybridized carbons (Fsp3) is 0.0714. The maximum absolute atomic E-state index is 12.3. The van der Waals surface area contributed by atoms with Crippen LogP contribution in [0.2, 0.25) is 10.0 Å². The number of benzene rings is 2. The Morgan fingerprint density at radius 1 is 1.15 bits per heavy atom. The minimum atomic E-state index is -0.290. The van der Waals surface area contributed by atoms with Crippen LogP contribution in [0.3, 0.4) is 0 Å². The van der Waals surface area contributed by atoms with Crippen LogP contribution in [0.5, 0.6) is 5.75 Å². The third-order valence-electron chi connectivity index (χ3n) is 2.58. The summed E-state index contributed by atoms with van der Waals surface area (Å²) >= 11 is 15.1. The minimum absolute atomic E-state index is 0.290. The van der Waals surface area contributed by atoms with Gasteiger partial charge >= 0.3 is 0 Å². The van der Waals surface area contributed by atoms with Gasteiger partial charge in [-0.2, -0.15) is 0 Å². The van der Waals surface area contributed by atoms with Crippen molar-refractivity contribution < 1.29 is 9.53 Å². The van der Waals surface area contributed by atoms with Gasteiger partial charge < -0.3 is 10.1 Å². The summed E-state index contributed by atoms with van der Waals surface area (Å²) in [6.07, 6.45) is 0. The Hall–Kier alpha value is -1.23. The predicted molar refractivity (Wildman–Crippen MR) is 85.1 cm³/mol. The number of rotatable bonds is 3. The monoisotopic (exact) mass is 373 g/mol. The summed E-state index contributed by atoms with van der Waals surface area (Å²) in [5.41, 5.74) is 0.986. The lowest BCUT2D eigenvalue weighted by atomic mass is 10.2. The Balaban J connectivity index is 2.27. The van der Waals surface area contributed by atoms with Gasteiger partial charge in [0.05, 0.1) is 22.7 Å². The average Bonchev–Trinajstić information content (AvgIpc) is 2.43. The van der Waals surface area contributed by atoms with Crippen molar-refractivity contribution in [3.8, 4) is 5.75 Å². The Morgan fingerprint density at radius 2 is 1.90 bits per heavy atom. The normalized spacial score (nSPS) is 10.2. The number of hydrogen-bond donors (Lipinski definition) is 1. The summed E-state index contributed by atoms with van der Waals surface area (Å²) in [5.74, 6) is 0.201. The molecule has 0 unspecified atom stereocenters. The van der Waals surface area contributed by atoms with E-state index in [-0.39, 0.29) is 5.91 Å². The molecule has 2 rings (SSSR count). The highest BCUT2D eigenvalue weighted by atomic mass is 79.9. The molecule has 0 aliphatic rings. The first-order valence-corrected chi connectivity index (χ1v) is 7.16. The molecule has 1 N–H and O–H groups in total. The van der Waals surface area contributed by atoms with E-state index in [0.717, 1.165) is 4.47 Å². The summed E-state index contributed by atoms with van der Waals surface area (Å²) in [7, 11) is 1.51. The van der Waals surface area contributed by atoms with E-state index in [4.69, 9.17) is 27.9 Å². The van der Waals surface area contributed by atoms with Crippen molar-refractivity contribution in [1.29, 1.82) is 0 Å². The highest BCUT2D eigenvalue weighted by Crippen LogP contribution is 2.27. The molecule has 0 bridgehead atoms. The van der Waals surface area contributed by atoms with E-state index in [9.17, 15) is 4.79 Å². The SMILES string of the molecule is COc1ccc(Br)cc1C(=O)Nc1ccc(Cl)c(Cl)c1. The van der Waals surface area contributed by atoms with Crippen LogP contribution in [-0.4, -0.2) is 13.0 Å². The smallest absolute Gasteiger partial charge is 0.259 e. The van der Waals surface area contributed by atoms with E-state index in [1.54, 1.807) is 36.4 Å². The van der Waals surface area contributed by atoms with Gasteiger partial charge in [0, 0.05) is 10.2 Å². The van der Waals surface area contributed by atoms with Crippen molar-refractivity contribution in [3.05, 3.63) is 56.5 Å². The molecule has 0 aromatic heterocycles. The molecule has 0 saturated carbocycles. The second-order valence-corrected chi connectivity index (χ2v) is 5.66. The van der Waals surface area contributed by atoms with Gasteiger partial charge in [-0.05, 0) is 36.4 Å². The Kier molecular flexibility index (Phi) is 4.91. The van der Waals surface area contributed by atoms with Crippen molar-refractivity contribution in [2.24, 2.45) is 0 Å². The lowest BCUT2D eigenvalue weighted by Gasteiger charge is -2.10. The van der Waals surface area contributed by atoms with Crippen LogP contribution in [0.4, 0.5) is 5.69 Å². The zero-order valence-corrected chi connectivity index (χ0v) is 13.5. The van der Waals surface area contributed by atoms with Gasteiger partial charge in [0.1, 0.15) is 5.75 Å². The largest absolute Gasteiger partial charge is 0.496 e. The number of halogens is 3. The summed E-state index contributed by atoms with van der Waals surface area (Å²) in [4.78, 5) is 12.3. The molecule has 0 saturated heterocycles. The number of amides is 1. The topological polar surface area (TPSA) is 38.3 Å². The van der Waals surface area contributed by atoms with E-state index < -0.39 is 0 Å². The molecule has 0 heterocycles. The Labute approximate surface area is 135 Å². The molecular formula is C14H10BrCl2NO2. The van der Waals surface area contributed by atoms with Crippen molar-refractivity contribution in [2.75, 3.05) is 12.4 Å². The van der Waals surface area contributed by atoms with Crippen molar-refractivity contribution in [1.82, 2.24) is 0 Å². The first-order valence-electron chi connectivity index (χ1n) is 5.61. The van der Waals surface area contributed by atoms with E-state index in [1.807, 2.05) is 0 Å². The minimum Gasteiger partial charge on any atom is -0.496 e. The van der Waals surface area contributed by atoms with E-state index in [1.165, 1.54) is 7.11 Å². The molecule has 20 heavy (non-hydrogen) atoms. The molecule has 0 atom stereocenters. The summed E-state index contributed by atoms with van der Waals surface area (Å²) in [6.45, 7) is 0. The van der Waals surface area contributed by atoms with Gasteiger partial charge in [-0.25, -0.2) is 0 Å². The molecule has 2 aromatic rings. The van der Waals surface area contributed by atoms with Crippen LogP contribution in [0.25, 0.3) is 0 Å². The first-order chi connectivity index (χ1) is 9.51. The summed E-state index contributed by atoms with van der Waals surface area (Å²) < 4.78 is 5.96. The lowest BCUT2D eigenvalue weighted by molar-refractivity contribution is 0.102. The lowest BCUT2D eigenvalue weighted by Crippen LogP contribution is -2.13. The average molecular weight is 375 g/mol. The standard InChI is InChI=1S/C14H10BrCl2NO2/c1-20-13-5-2-8(15)6-10(13)14(19)18-9-3-4-11(16)12(17)7-9/h2-7H,1H3,(H,18,19). The van der Waals surface area contributed by atoms with E-state index >= 15 is 0 Å². The number of carbonyl (C=O) groups is 1. The third kappa shape index (κ3) is 3.45. The molecule has 0 spiro atoms. The number of anilines is 1. The Morgan fingerprint density at radius 3 is 2.55 bits per heavy atom. The molecule has 3 nitrogen and oxygen atoms in total. The van der Waals surface area contributed by atoms with E-state index in [2.05, 4.69) is 21.2 Å². The van der Waals surface area contributed by atoms with Crippen molar-refractivity contribution >= 4 is 50.7 Å². The van der Waals surface area contributed by atoms with Gasteiger partial charge in [-0.15, -0.1) is 0 Å². The molecule has 0 fully saturated rings. The number of hydrogen-bond acceptors (Lipinski definition) is 2. The van der Waals surface area contributed by atoms with Crippen LogP contribution in [-0.2, 0) is 0 Å². The predicted octanol–water partition coefficient (Wildman–Crippen LogP) is 5.02. The van der Waals surface area contributed by atoms with Gasteiger partial charge in [0.2, 0.25) is 0 Å². The zero-order chi connectivity index (χ0) is 14.7. The van der Waals surface area contributed by atoms with Crippen molar-refractivity contribution in [3.63, 3.8) is 0 Å². The number of carbonyl (C=O) groups excluding carboxylic acids is 1. The number of ether oxygens (including phenoxy) is 1. The zero-order valence-electron chi connectivity index (χ0n) is 10.4. The van der Waals surface area contributed by atoms with Crippen LogP contribution in [0.1, 0.15) is 10.4 Å². The van der Waals surface area contributed by atoms with Crippen LogP contribution in [0.15, 0.2) is 40.9 Å². The summed E-state index contributed by atoms with van der Waals surface area (Å²) in [6, 6.07) is 10.1. The molecule has 0 aliphatic heterocycles. The van der Waals surface area contributed by atoms with Crippen molar-refractivity contribution in [2.45, 2.75) is 0 Å². The third-order valence-corrected chi connectivity index (χ3v) is 3.82. The van der Waals surface area contributed by atoms with Gasteiger partial charge in [0.25, 0.3) is 5.91 Å². The molecule has 104 valence electrons. The number of methoxy groups -OCH3 is 1.